The lowest BCUT2D eigenvalue weighted by molar-refractivity contribution is 0.905. The van der Waals surface area contributed by atoms with Gasteiger partial charge in [-0.1, -0.05) is 13.0 Å². The highest BCUT2D eigenvalue weighted by molar-refractivity contribution is 5.35. The maximum absolute atomic E-state index is 4.52. The summed E-state index contributed by atoms with van der Waals surface area (Å²) in [6.07, 6.45) is 5.25. The fourth-order valence-electron chi connectivity index (χ4n) is 1.63. The van der Waals surface area contributed by atoms with Gasteiger partial charge in [0.25, 0.3) is 0 Å². The Morgan fingerprint density at radius 1 is 1.29 bits per heavy atom. The van der Waals surface area contributed by atoms with Crippen LogP contribution in [0.4, 0.5) is 5.82 Å². The van der Waals surface area contributed by atoms with Gasteiger partial charge in [-0.05, 0) is 18.1 Å². The summed E-state index contributed by atoms with van der Waals surface area (Å²) < 4.78 is 0. The number of hydrogen-bond acceptors (Lipinski definition) is 4. The molecule has 2 heterocycles. The zero-order chi connectivity index (χ0) is 12.1. The Hall–Kier alpha value is -1.97. The predicted molar refractivity (Wildman–Crippen MR) is 68.0 cm³/mol. The minimum atomic E-state index is 0.719. The van der Waals surface area contributed by atoms with E-state index in [4.69, 9.17) is 0 Å². The minimum absolute atomic E-state index is 0.719. The summed E-state index contributed by atoms with van der Waals surface area (Å²) >= 11 is 0. The first-order valence-electron chi connectivity index (χ1n) is 5.75. The Morgan fingerprint density at radius 3 is 2.82 bits per heavy atom. The van der Waals surface area contributed by atoms with Crippen LogP contribution in [0.25, 0.3) is 0 Å². The molecule has 0 unspecified atom stereocenters. The second kappa shape index (κ2) is 5.39. The molecule has 4 heteroatoms. The maximum Gasteiger partial charge on any atom is 0.135 e. The average Bonchev–Trinajstić information content (AvgIpc) is 2.39. The molecule has 0 aromatic carbocycles. The topological polar surface area (TPSA) is 50.7 Å². The van der Waals surface area contributed by atoms with Gasteiger partial charge in [-0.3, -0.25) is 4.98 Å². The number of nitrogens with one attached hydrogen (secondary N) is 1. The van der Waals surface area contributed by atoms with Crippen LogP contribution in [-0.2, 0) is 12.8 Å². The highest BCUT2D eigenvalue weighted by atomic mass is 15.0. The number of hydrogen-bond donors (Lipinski definition) is 1. The Balaban J connectivity index is 2.26. The lowest BCUT2D eigenvalue weighted by Gasteiger charge is -2.06. The van der Waals surface area contributed by atoms with E-state index < -0.39 is 0 Å². The summed E-state index contributed by atoms with van der Waals surface area (Å²) in [5, 5.41) is 3.06. The molecule has 0 amide bonds. The molecule has 2 rings (SSSR count). The Morgan fingerprint density at radius 2 is 2.18 bits per heavy atom. The zero-order valence-electron chi connectivity index (χ0n) is 10.1. The second-order valence-electron chi connectivity index (χ2n) is 3.80. The first-order chi connectivity index (χ1) is 8.31. The van der Waals surface area contributed by atoms with E-state index >= 15 is 0 Å². The van der Waals surface area contributed by atoms with Gasteiger partial charge >= 0.3 is 0 Å². The molecule has 0 aliphatic carbocycles. The van der Waals surface area contributed by atoms with E-state index in [1.807, 2.05) is 31.4 Å². The van der Waals surface area contributed by atoms with Gasteiger partial charge in [-0.25, -0.2) is 9.97 Å². The number of rotatable bonds is 4. The van der Waals surface area contributed by atoms with Crippen LogP contribution < -0.4 is 5.32 Å². The van der Waals surface area contributed by atoms with Crippen LogP contribution in [0, 0.1) is 0 Å². The molecule has 2 aromatic heterocycles. The third-order valence-corrected chi connectivity index (χ3v) is 2.53. The number of anilines is 1. The Bertz CT molecular complexity index is 460. The lowest BCUT2D eigenvalue weighted by atomic mass is 10.2. The van der Waals surface area contributed by atoms with Crippen molar-refractivity contribution in [3.63, 3.8) is 0 Å². The molecule has 0 spiro atoms. The summed E-state index contributed by atoms with van der Waals surface area (Å²) in [5.41, 5.74) is 2.19. The highest BCUT2D eigenvalue weighted by Gasteiger charge is 2.04. The van der Waals surface area contributed by atoms with E-state index in [2.05, 4.69) is 27.2 Å². The van der Waals surface area contributed by atoms with E-state index in [-0.39, 0.29) is 0 Å². The molecule has 4 nitrogen and oxygen atoms in total. The van der Waals surface area contributed by atoms with Crippen LogP contribution in [0.2, 0.25) is 0 Å². The third-order valence-electron chi connectivity index (χ3n) is 2.53. The number of aryl methyl sites for hydroxylation is 1. The standard InChI is InChI=1S/C13H16N4/c1-3-11-8-12(14-2)17-13(16-11)7-10-5-4-6-15-9-10/h4-6,8-9H,3,7H2,1-2H3,(H,14,16,17). The summed E-state index contributed by atoms with van der Waals surface area (Å²) in [5.74, 6) is 1.71. The van der Waals surface area contributed by atoms with Crippen molar-refractivity contribution in [1.29, 1.82) is 0 Å². The highest BCUT2D eigenvalue weighted by Crippen LogP contribution is 2.10. The van der Waals surface area contributed by atoms with Crippen molar-refractivity contribution < 1.29 is 0 Å². The zero-order valence-corrected chi connectivity index (χ0v) is 10.1. The Kier molecular flexibility index (Phi) is 3.65. The van der Waals surface area contributed by atoms with Gasteiger partial charge in [-0.2, -0.15) is 0 Å². The molecule has 0 bridgehead atoms. The van der Waals surface area contributed by atoms with E-state index in [9.17, 15) is 0 Å². The Labute approximate surface area is 101 Å². The van der Waals surface area contributed by atoms with Crippen molar-refractivity contribution in [3.05, 3.63) is 47.7 Å². The number of aromatic nitrogens is 3. The van der Waals surface area contributed by atoms with Gasteiger partial charge in [-0.15, -0.1) is 0 Å². The monoisotopic (exact) mass is 228 g/mol. The fraction of sp³-hybridized carbons (Fsp3) is 0.308. The first-order valence-corrected chi connectivity index (χ1v) is 5.75. The smallest absolute Gasteiger partial charge is 0.135 e. The molecule has 0 atom stereocenters. The first kappa shape index (κ1) is 11.5. The maximum atomic E-state index is 4.52. The molecule has 2 aromatic rings. The molecular weight excluding hydrogens is 212 g/mol. The molecule has 0 aliphatic rings. The van der Waals surface area contributed by atoms with Gasteiger partial charge in [0, 0.05) is 37.6 Å². The number of nitrogens with zero attached hydrogens (tertiary/aromatic N) is 3. The van der Waals surface area contributed by atoms with Crippen molar-refractivity contribution in [3.8, 4) is 0 Å². The van der Waals surface area contributed by atoms with Crippen molar-refractivity contribution in [1.82, 2.24) is 15.0 Å². The molecule has 17 heavy (non-hydrogen) atoms. The summed E-state index contributed by atoms with van der Waals surface area (Å²) in [4.78, 5) is 13.1. The molecule has 0 saturated carbocycles. The van der Waals surface area contributed by atoms with E-state index in [0.29, 0.717) is 0 Å². The molecule has 1 N–H and O–H groups in total. The average molecular weight is 228 g/mol. The summed E-state index contributed by atoms with van der Waals surface area (Å²) in [7, 11) is 1.87. The van der Waals surface area contributed by atoms with E-state index in [0.717, 1.165) is 35.7 Å². The van der Waals surface area contributed by atoms with Crippen LogP contribution in [0.15, 0.2) is 30.6 Å². The lowest BCUT2D eigenvalue weighted by Crippen LogP contribution is -2.04. The molecular formula is C13H16N4. The quantitative estimate of drug-likeness (QED) is 0.870. The van der Waals surface area contributed by atoms with Gasteiger partial charge in [0.15, 0.2) is 0 Å². The van der Waals surface area contributed by atoms with Gasteiger partial charge < -0.3 is 5.32 Å². The van der Waals surface area contributed by atoms with Crippen molar-refractivity contribution in [2.45, 2.75) is 19.8 Å². The van der Waals surface area contributed by atoms with Crippen LogP contribution in [-0.4, -0.2) is 22.0 Å². The van der Waals surface area contributed by atoms with Gasteiger partial charge in [0.1, 0.15) is 11.6 Å². The summed E-state index contributed by atoms with van der Waals surface area (Å²) in [6.45, 7) is 2.09. The van der Waals surface area contributed by atoms with E-state index in [1.165, 1.54) is 0 Å². The van der Waals surface area contributed by atoms with Crippen LogP contribution in [0.1, 0.15) is 24.0 Å². The van der Waals surface area contributed by atoms with Crippen molar-refractivity contribution >= 4 is 5.82 Å². The van der Waals surface area contributed by atoms with Crippen molar-refractivity contribution in [2.24, 2.45) is 0 Å². The second-order valence-corrected chi connectivity index (χ2v) is 3.80. The number of pyridine rings is 1. The largest absolute Gasteiger partial charge is 0.373 e. The fourth-order valence-corrected chi connectivity index (χ4v) is 1.63. The minimum Gasteiger partial charge on any atom is -0.373 e. The van der Waals surface area contributed by atoms with Crippen LogP contribution in [0.3, 0.4) is 0 Å². The molecule has 0 aliphatic heterocycles. The van der Waals surface area contributed by atoms with E-state index in [1.54, 1.807) is 6.20 Å². The predicted octanol–water partition coefficient (Wildman–Crippen LogP) is 2.07. The van der Waals surface area contributed by atoms with Crippen molar-refractivity contribution in [2.75, 3.05) is 12.4 Å². The molecule has 88 valence electrons. The SMILES string of the molecule is CCc1cc(NC)nc(Cc2cccnc2)n1. The van der Waals surface area contributed by atoms with Gasteiger partial charge in [0.05, 0.1) is 0 Å². The molecule has 0 radical (unpaired) electrons. The third kappa shape index (κ3) is 3.00. The van der Waals surface area contributed by atoms with Gasteiger partial charge in [0.2, 0.25) is 0 Å². The summed E-state index contributed by atoms with van der Waals surface area (Å²) in [6, 6.07) is 5.94. The normalized spacial score (nSPS) is 10.2. The molecule has 0 fully saturated rings. The molecule has 0 saturated heterocycles. The van der Waals surface area contributed by atoms with Crippen LogP contribution in [0.5, 0.6) is 0 Å². The van der Waals surface area contributed by atoms with Crippen LogP contribution >= 0.6 is 0 Å².